The lowest BCUT2D eigenvalue weighted by molar-refractivity contribution is 0.280. The summed E-state index contributed by atoms with van der Waals surface area (Å²) in [5.41, 5.74) is 7.55. The van der Waals surface area contributed by atoms with Gasteiger partial charge >= 0.3 is 6.01 Å². The van der Waals surface area contributed by atoms with Crippen LogP contribution in [0.1, 0.15) is 17.7 Å². The van der Waals surface area contributed by atoms with E-state index in [9.17, 15) is 8.42 Å². The third-order valence-electron chi connectivity index (χ3n) is 3.12. The van der Waals surface area contributed by atoms with Crippen molar-refractivity contribution in [1.82, 2.24) is 4.98 Å². The van der Waals surface area contributed by atoms with Gasteiger partial charge in [0.15, 0.2) is 0 Å². The largest absolute Gasteiger partial charge is 0.492 e. The molecular formula is C13H15N3O4S. The number of aromatic nitrogens is 1. The van der Waals surface area contributed by atoms with Crippen molar-refractivity contribution in [1.29, 1.82) is 0 Å². The van der Waals surface area contributed by atoms with Crippen LogP contribution in [0.4, 0.5) is 11.7 Å². The molecule has 0 radical (unpaired) electrons. The molecule has 0 amide bonds. The number of aryl methyl sites for hydroxylation is 2. The highest BCUT2D eigenvalue weighted by molar-refractivity contribution is 7.92. The van der Waals surface area contributed by atoms with Crippen molar-refractivity contribution in [3.8, 4) is 5.75 Å². The van der Waals surface area contributed by atoms with Crippen molar-refractivity contribution < 1.29 is 17.6 Å². The van der Waals surface area contributed by atoms with E-state index in [1.165, 1.54) is 12.3 Å². The second kappa shape index (κ2) is 4.96. The molecule has 1 aliphatic heterocycles. The molecule has 8 heteroatoms. The van der Waals surface area contributed by atoms with Crippen LogP contribution in [0.2, 0.25) is 0 Å². The fourth-order valence-electron chi connectivity index (χ4n) is 2.24. The lowest BCUT2D eigenvalue weighted by Crippen LogP contribution is -2.18. The highest BCUT2D eigenvalue weighted by Gasteiger charge is 2.26. The van der Waals surface area contributed by atoms with Crippen molar-refractivity contribution in [2.75, 3.05) is 17.1 Å². The van der Waals surface area contributed by atoms with Gasteiger partial charge in [0.2, 0.25) is 0 Å². The summed E-state index contributed by atoms with van der Waals surface area (Å²) in [6.45, 7) is 2.18. The second-order valence-electron chi connectivity index (χ2n) is 4.86. The predicted molar refractivity (Wildman–Crippen MR) is 76.7 cm³/mol. The van der Waals surface area contributed by atoms with Crippen molar-refractivity contribution in [3.63, 3.8) is 0 Å². The molecule has 1 aromatic carbocycles. The van der Waals surface area contributed by atoms with Crippen LogP contribution >= 0.6 is 0 Å². The Balaban J connectivity index is 2.04. The quantitative estimate of drug-likeness (QED) is 0.835. The summed E-state index contributed by atoms with van der Waals surface area (Å²) in [6, 6.07) is 3.03. The van der Waals surface area contributed by atoms with Crippen LogP contribution in [0, 0.1) is 6.92 Å². The molecule has 0 saturated carbocycles. The Hall–Kier alpha value is -2.22. The Bertz CT molecular complexity index is 783. The number of hydrogen-bond acceptors (Lipinski definition) is 6. The molecule has 2 aromatic rings. The molecule has 3 rings (SSSR count). The van der Waals surface area contributed by atoms with Gasteiger partial charge in [0.1, 0.15) is 16.9 Å². The van der Waals surface area contributed by atoms with Crippen molar-refractivity contribution >= 4 is 21.7 Å². The van der Waals surface area contributed by atoms with E-state index in [-0.39, 0.29) is 10.9 Å². The molecule has 0 atom stereocenters. The van der Waals surface area contributed by atoms with Crippen LogP contribution in [-0.2, 0) is 16.4 Å². The number of nitrogens with one attached hydrogen (secondary N) is 1. The molecule has 2 heterocycles. The van der Waals surface area contributed by atoms with Gasteiger partial charge in [-0.2, -0.15) is 4.98 Å². The summed E-state index contributed by atoms with van der Waals surface area (Å²) >= 11 is 0. The number of ether oxygens (including phenoxy) is 1. The van der Waals surface area contributed by atoms with Gasteiger partial charge < -0.3 is 14.9 Å². The summed E-state index contributed by atoms with van der Waals surface area (Å²) in [7, 11) is -3.88. The Kier molecular flexibility index (Phi) is 3.25. The molecule has 3 N–H and O–H groups in total. The maximum absolute atomic E-state index is 12.5. The van der Waals surface area contributed by atoms with E-state index in [0.717, 1.165) is 18.4 Å². The van der Waals surface area contributed by atoms with Gasteiger partial charge in [0.25, 0.3) is 10.0 Å². The van der Waals surface area contributed by atoms with Gasteiger partial charge in [-0.15, -0.1) is 0 Å². The molecule has 0 aliphatic carbocycles. The number of nitrogen functional groups attached to an aromatic ring is 1. The van der Waals surface area contributed by atoms with E-state index >= 15 is 0 Å². The van der Waals surface area contributed by atoms with Gasteiger partial charge in [-0.05, 0) is 37.5 Å². The zero-order valence-electron chi connectivity index (χ0n) is 11.4. The third-order valence-corrected chi connectivity index (χ3v) is 4.45. The SMILES string of the molecule is Cc1coc(NS(=O)(=O)c2cc(N)cc3c2OCCC3)n1. The zero-order chi connectivity index (χ0) is 15.0. The first kappa shape index (κ1) is 13.7. The summed E-state index contributed by atoms with van der Waals surface area (Å²) in [5, 5.41) is 0. The highest BCUT2D eigenvalue weighted by Crippen LogP contribution is 2.35. The van der Waals surface area contributed by atoms with E-state index < -0.39 is 10.0 Å². The number of hydrogen-bond donors (Lipinski definition) is 2. The standard InChI is InChI=1S/C13H15N3O4S/c1-8-7-20-13(15-8)16-21(17,18)11-6-10(14)5-9-3-2-4-19-12(9)11/h5-7H,2-4,14H2,1H3,(H,15,16). The topological polar surface area (TPSA) is 107 Å². The van der Waals surface area contributed by atoms with Crippen molar-refractivity contribution in [3.05, 3.63) is 29.7 Å². The van der Waals surface area contributed by atoms with Crippen LogP contribution in [0.3, 0.4) is 0 Å². The van der Waals surface area contributed by atoms with E-state index in [1.54, 1.807) is 13.0 Å². The number of anilines is 2. The molecule has 1 aromatic heterocycles. The molecule has 1 aliphatic rings. The van der Waals surface area contributed by atoms with Crippen molar-refractivity contribution in [2.45, 2.75) is 24.7 Å². The summed E-state index contributed by atoms with van der Waals surface area (Å²) in [4.78, 5) is 3.93. The maximum atomic E-state index is 12.5. The molecule has 21 heavy (non-hydrogen) atoms. The molecule has 0 bridgehead atoms. The minimum atomic E-state index is -3.88. The van der Waals surface area contributed by atoms with Crippen LogP contribution in [-0.4, -0.2) is 20.0 Å². The normalized spacial score (nSPS) is 14.3. The highest BCUT2D eigenvalue weighted by atomic mass is 32.2. The average Bonchev–Trinajstić information content (AvgIpc) is 2.82. The molecule has 7 nitrogen and oxygen atoms in total. The van der Waals surface area contributed by atoms with Gasteiger partial charge in [-0.1, -0.05) is 0 Å². The Morgan fingerprint density at radius 3 is 2.90 bits per heavy atom. The van der Waals surface area contributed by atoms with E-state index in [4.69, 9.17) is 14.9 Å². The van der Waals surface area contributed by atoms with Crippen LogP contribution in [0.25, 0.3) is 0 Å². The number of benzene rings is 1. The van der Waals surface area contributed by atoms with Crippen LogP contribution in [0.5, 0.6) is 5.75 Å². The minimum Gasteiger partial charge on any atom is -0.492 e. The number of nitrogens with two attached hydrogens (primary N) is 1. The van der Waals surface area contributed by atoms with Gasteiger partial charge in [-0.3, -0.25) is 0 Å². The van der Waals surface area contributed by atoms with Gasteiger partial charge in [-0.25, -0.2) is 13.1 Å². The molecule has 112 valence electrons. The van der Waals surface area contributed by atoms with Gasteiger partial charge in [0, 0.05) is 5.69 Å². The predicted octanol–water partition coefficient (Wildman–Crippen LogP) is 1.69. The monoisotopic (exact) mass is 309 g/mol. The van der Waals surface area contributed by atoms with E-state index in [1.807, 2.05) is 0 Å². The van der Waals surface area contributed by atoms with Crippen LogP contribution < -0.4 is 15.2 Å². The number of rotatable bonds is 3. The number of fused-ring (bicyclic) bond motifs is 1. The second-order valence-corrected chi connectivity index (χ2v) is 6.51. The van der Waals surface area contributed by atoms with E-state index in [0.29, 0.717) is 23.7 Å². The molecular weight excluding hydrogens is 294 g/mol. The van der Waals surface area contributed by atoms with Gasteiger partial charge in [0.05, 0.1) is 12.3 Å². The first-order chi connectivity index (χ1) is 9.95. The Labute approximate surface area is 122 Å². The number of oxazole rings is 1. The van der Waals surface area contributed by atoms with Crippen molar-refractivity contribution in [2.24, 2.45) is 0 Å². The Morgan fingerprint density at radius 1 is 1.38 bits per heavy atom. The summed E-state index contributed by atoms with van der Waals surface area (Å²) in [5.74, 6) is 0.353. The van der Waals surface area contributed by atoms with E-state index in [2.05, 4.69) is 9.71 Å². The number of nitrogens with zero attached hydrogens (tertiary/aromatic N) is 1. The Morgan fingerprint density at radius 2 is 2.19 bits per heavy atom. The van der Waals surface area contributed by atoms with Crippen LogP contribution in [0.15, 0.2) is 27.7 Å². The molecule has 0 fully saturated rings. The zero-order valence-corrected chi connectivity index (χ0v) is 12.2. The minimum absolute atomic E-state index is 0.00746. The lowest BCUT2D eigenvalue weighted by Gasteiger charge is -2.20. The maximum Gasteiger partial charge on any atom is 0.309 e. The average molecular weight is 309 g/mol. The fraction of sp³-hybridized carbons (Fsp3) is 0.308. The number of sulfonamides is 1. The molecule has 0 saturated heterocycles. The molecule has 0 unspecified atom stereocenters. The smallest absolute Gasteiger partial charge is 0.309 e. The fourth-order valence-corrected chi connectivity index (χ4v) is 3.40. The molecule has 0 spiro atoms. The summed E-state index contributed by atoms with van der Waals surface area (Å²) < 4.78 is 37.8. The lowest BCUT2D eigenvalue weighted by atomic mass is 10.1. The summed E-state index contributed by atoms with van der Waals surface area (Å²) in [6.07, 6.45) is 2.94. The first-order valence-corrected chi connectivity index (χ1v) is 7.94. The first-order valence-electron chi connectivity index (χ1n) is 6.46. The third kappa shape index (κ3) is 2.66.